The molecule has 0 atom stereocenters. The van der Waals surface area contributed by atoms with Gasteiger partial charge in [-0.1, -0.05) is 42.0 Å². The number of aryl methyl sites for hydroxylation is 1. The molecule has 1 aliphatic rings. The predicted octanol–water partition coefficient (Wildman–Crippen LogP) is 5.33. The van der Waals surface area contributed by atoms with Crippen LogP contribution < -0.4 is 9.64 Å². The van der Waals surface area contributed by atoms with Crippen molar-refractivity contribution in [1.82, 2.24) is 14.3 Å². The minimum Gasteiger partial charge on any atom is -0.430 e. The molecule has 1 amide bonds. The number of carbonyl (C=O) groups excluding carboxylic acids is 1. The second-order valence-corrected chi connectivity index (χ2v) is 9.21. The Morgan fingerprint density at radius 3 is 2.40 bits per heavy atom. The summed E-state index contributed by atoms with van der Waals surface area (Å²) in [4.78, 5) is 21.2. The van der Waals surface area contributed by atoms with Crippen molar-refractivity contribution in [3.05, 3.63) is 101 Å². The van der Waals surface area contributed by atoms with E-state index in [-0.39, 0.29) is 11.7 Å². The summed E-state index contributed by atoms with van der Waals surface area (Å²) in [5.41, 5.74) is 3.54. The van der Waals surface area contributed by atoms with Gasteiger partial charge in [-0.05, 0) is 48.9 Å². The van der Waals surface area contributed by atoms with Gasteiger partial charge in [0.25, 0.3) is 11.1 Å². The second kappa shape index (κ2) is 10.2. The minimum atomic E-state index is -0.236. The average Bonchev–Trinajstić information content (AvgIpc) is 3.32. The highest BCUT2D eigenvalue weighted by Gasteiger charge is 2.23. The molecule has 0 spiro atoms. The number of piperazine rings is 1. The molecule has 1 fully saturated rings. The van der Waals surface area contributed by atoms with Crippen molar-refractivity contribution in [2.24, 2.45) is 0 Å². The summed E-state index contributed by atoms with van der Waals surface area (Å²) in [6.07, 6.45) is 0.651. The van der Waals surface area contributed by atoms with Gasteiger partial charge in [0.1, 0.15) is 11.6 Å². The van der Waals surface area contributed by atoms with E-state index in [2.05, 4.69) is 40.5 Å². The third kappa shape index (κ3) is 5.49. The van der Waals surface area contributed by atoms with Gasteiger partial charge in [0.05, 0.1) is 5.69 Å². The van der Waals surface area contributed by atoms with Crippen LogP contribution >= 0.6 is 11.5 Å². The number of halogens is 1. The number of rotatable bonds is 6. The molecule has 4 aromatic rings. The normalized spacial score (nSPS) is 13.7. The van der Waals surface area contributed by atoms with Crippen LogP contribution in [0, 0.1) is 12.7 Å². The summed E-state index contributed by atoms with van der Waals surface area (Å²) in [5, 5.41) is 0.468. The fourth-order valence-electron chi connectivity index (χ4n) is 4.05. The Balaban J connectivity index is 1.16. The number of carbonyl (C=O) groups is 1. The van der Waals surface area contributed by atoms with Crippen LogP contribution in [0.5, 0.6) is 10.9 Å². The lowest BCUT2D eigenvalue weighted by Gasteiger charge is -2.36. The Hall–Kier alpha value is -3.78. The van der Waals surface area contributed by atoms with E-state index in [1.807, 2.05) is 11.0 Å². The Bertz CT molecular complexity index is 1300. The zero-order valence-corrected chi connectivity index (χ0v) is 20.2. The summed E-state index contributed by atoms with van der Waals surface area (Å²) in [6, 6.07) is 22.1. The number of para-hydroxylation sites is 1. The fourth-order valence-corrected chi connectivity index (χ4v) is 4.62. The first-order valence-corrected chi connectivity index (χ1v) is 12.3. The molecule has 0 aliphatic carbocycles. The lowest BCUT2D eigenvalue weighted by atomic mass is 10.1. The third-order valence-electron chi connectivity index (χ3n) is 6.00. The minimum absolute atomic E-state index is 0.0407. The zero-order chi connectivity index (χ0) is 24.2. The van der Waals surface area contributed by atoms with Crippen LogP contribution in [0.1, 0.15) is 27.3 Å². The molecule has 6 nitrogen and oxygen atoms in total. The number of ether oxygens (including phenoxy) is 1. The molecule has 35 heavy (non-hydrogen) atoms. The molecule has 1 saturated heterocycles. The number of hydrogen-bond donors (Lipinski definition) is 0. The first-order valence-electron chi connectivity index (χ1n) is 11.5. The molecule has 0 saturated carbocycles. The highest BCUT2D eigenvalue weighted by Crippen LogP contribution is 2.25. The number of anilines is 1. The topological polar surface area (TPSA) is 58.6 Å². The quantitative estimate of drug-likeness (QED) is 0.367. The van der Waals surface area contributed by atoms with E-state index >= 15 is 0 Å². The van der Waals surface area contributed by atoms with E-state index in [0.717, 1.165) is 11.4 Å². The van der Waals surface area contributed by atoms with Gasteiger partial charge in [-0.3, -0.25) is 4.79 Å². The molecular formula is C27H25FN4O2S. The van der Waals surface area contributed by atoms with E-state index in [0.29, 0.717) is 54.8 Å². The molecule has 0 unspecified atom stereocenters. The maximum atomic E-state index is 14.1. The molecule has 0 bridgehead atoms. The SMILES string of the molecule is Cc1ccc(Cc2nsc(Oc3ccc(C(=O)N4CCN(c5ccccc5F)CC4)cc3)n2)cc1. The van der Waals surface area contributed by atoms with E-state index in [9.17, 15) is 9.18 Å². The van der Waals surface area contributed by atoms with Crippen LogP contribution in [0.25, 0.3) is 0 Å². The lowest BCUT2D eigenvalue weighted by molar-refractivity contribution is 0.0746. The van der Waals surface area contributed by atoms with Gasteiger partial charge in [-0.2, -0.15) is 9.36 Å². The molecular weight excluding hydrogens is 463 g/mol. The molecule has 178 valence electrons. The van der Waals surface area contributed by atoms with Crippen LogP contribution in [0.3, 0.4) is 0 Å². The summed E-state index contributed by atoms with van der Waals surface area (Å²) in [5.74, 6) is 1.04. The second-order valence-electron chi connectivity index (χ2n) is 8.50. The highest BCUT2D eigenvalue weighted by molar-refractivity contribution is 7.07. The van der Waals surface area contributed by atoms with Crippen LogP contribution in [0.15, 0.2) is 72.8 Å². The Kier molecular flexibility index (Phi) is 6.72. The van der Waals surface area contributed by atoms with Crippen LogP contribution in [-0.2, 0) is 6.42 Å². The smallest absolute Gasteiger partial charge is 0.298 e. The van der Waals surface area contributed by atoms with Crippen molar-refractivity contribution in [3.63, 3.8) is 0 Å². The molecule has 5 rings (SSSR count). The van der Waals surface area contributed by atoms with Crippen molar-refractivity contribution >= 4 is 23.1 Å². The first kappa shape index (κ1) is 23.0. The first-order chi connectivity index (χ1) is 17.0. The molecule has 0 N–H and O–H groups in total. The standard InChI is InChI=1S/C27H25FN4O2S/c1-19-6-8-20(9-7-19)18-25-29-27(35-30-25)34-22-12-10-21(11-13-22)26(33)32-16-14-31(15-17-32)24-5-3-2-4-23(24)28/h2-13H,14-18H2,1H3. The molecule has 1 aromatic heterocycles. The van der Waals surface area contributed by atoms with Crippen LogP contribution in [0.4, 0.5) is 10.1 Å². The molecule has 3 aromatic carbocycles. The summed E-state index contributed by atoms with van der Waals surface area (Å²) < 4.78 is 24.3. The maximum absolute atomic E-state index is 14.1. The number of amides is 1. The van der Waals surface area contributed by atoms with Gasteiger partial charge < -0.3 is 14.5 Å². The summed E-state index contributed by atoms with van der Waals surface area (Å²) >= 11 is 1.21. The number of hydrogen-bond acceptors (Lipinski definition) is 6. The Labute approximate surface area is 207 Å². The van der Waals surface area contributed by atoms with Crippen molar-refractivity contribution < 1.29 is 13.9 Å². The number of nitrogens with zero attached hydrogens (tertiary/aromatic N) is 4. The fraction of sp³-hybridized carbons (Fsp3) is 0.222. The van der Waals surface area contributed by atoms with Gasteiger partial charge in [0.15, 0.2) is 5.82 Å². The van der Waals surface area contributed by atoms with Crippen molar-refractivity contribution in [1.29, 1.82) is 0 Å². The van der Waals surface area contributed by atoms with Gasteiger partial charge >= 0.3 is 0 Å². The average molecular weight is 489 g/mol. The Morgan fingerprint density at radius 2 is 1.69 bits per heavy atom. The van der Waals surface area contributed by atoms with Gasteiger partial charge in [0, 0.05) is 49.7 Å². The van der Waals surface area contributed by atoms with Crippen LogP contribution in [0.2, 0.25) is 0 Å². The van der Waals surface area contributed by atoms with Crippen molar-refractivity contribution in [2.45, 2.75) is 13.3 Å². The monoisotopic (exact) mass is 488 g/mol. The number of benzene rings is 3. The van der Waals surface area contributed by atoms with Crippen molar-refractivity contribution in [3.8, 4) is 10.9 Å². The molecule has 8 heteroatoms. The molecule has 1 aliphatic heterocycles. The largest absolute Gasteiger partial charge is 0.430 e. The van der Waals surface area contributed by atoms with E-state index < -0.39 is 0 Å². The zero-order valence-electron chi connectivity index (χ0n) is 19.4. The molecule has 0 radical (unpaired) electrons. The lowest BCUT2D eigenvalue weighted by Crippen LogP contribution is -2.49. The molecule has 2 heterocycles. The predicted molar refractivity (Wildman–Crippen MR) is 135 cm³/mol. The van der Waals surface area contributed by atoms with Gasteiger partial charge in [0.2, 0.25) is 0 Å². The highest BCUT2D eigenvalue weighted by atomic mass is 32.1. The maximum Gasteiger partial charge on any atom is 0.298 e. The van der Waals surface area contributed by atoms with Gasteiger partial charge in [-0.15, -0.1) is 0 Å². The van der Waals surface area contributed by atoms with E-state index in [4.69, 9.17) is 4.74 Å². The van der Waals surface area contributed by atoms with Gasteiger partial charge in [-0.25, -0.2) is 4.39 Å². The van der Waals surface area contributed by atoms with Crippen LogP contribution in [-0.4, -0.2) is 46.3 Å². The summed E-state index contributed by atoms with van der Waals surface area (Å²) in [6.45, 7) is 4.33. The van der Waals surface area contributed by atoms with Crippen molar-refractivity contribution in [2.75, 3.05) is 31.1 Å². The Morgan fingerprint density at radius 1 is 0.971 bits per heavy atom. The van der Waals surface area contributed by atoms with E-state index in [1.165, 1.54) is 23.2 Å². The van der Waals surface area contributed by atoms with E-state index in [1.54, 1.807) is 41.3 Å². The summed E-state index contributed by atoms with van der Waals surface area (Å²) in [7, 11) is 0. The third-order valence-corrected chi connectivity index (χ3v) is 6.63. The number of aromatic nitrogens is 2.